The molecule has 1 aromatic heterocycles. The highest BCUT2D eigenvalue weighted by Crippen LogP contribution is 2.36. The van der Waals surface area contributed by atoms with E-state index < -0.39 is 17.8 Å². The Balaban J connectivity index is 2.15. The van der Waals surface area contributed by atoms with E-state index in [1.165, 1.54) is 12.1 Å². The molecule has 3 rings (SSSR count). The minimum atomic E-state index is -4.60. The quantitative estimate of drug-likeness (QED) is 0.731. The molecule has 27 heavy (non-hydrogen) atoms. The van der Waals surface area contributed by atoms with Crippen LogP contribution in [-0.2, 0) is 19.8 Å². The second kappa shape index (κ2) is 6.58. The fraction of sp³-hybridized carbons (Fsp3) is 0.222. The monoisotopic (exact) mass is 377 g/mol. The number of aryl methyl sites for hydroxylation is 2. The van der Waals surface area contributed by atoms with Gasteiger partial charge in [0.2, 0.25) is 0 Å². The van der Waals surface area contributed by atoms with Crippen molar-refractivity contribution in [3.05, 3.63) is 53.2 Å². The van der Waals surface area contributed by atoms with Crippen molar-refractivity contribution in [2.75, 3.05) is 4.90 Å². The van der Waals surface area contributed by atoms with Gasteiger partial charge in [-0.2, -0.15) is 18.3 Å². The molecular formula is C18H18F3N5O. The Labute approximate surface area is 153 Å². The van der Waals surface area contributed by atoms with Crippen molar-refractivity contribution in [3.63, 3.8) is 0 Å². The summed E-state index contributed by atoms with van der Waals surface area (Å²) in [4.78, 5) is 13.1. The van der Waals surface area contributed by atoms with Crippen molar-refractivity contribution in [2.24, 2.45) is 18.5 Å². The van der Waals surface area contributed by atoms with E-state index >= 15 is 0 Å². The summed E-state index contributed by atoms with van der Waals surface area (Å²) in [5, 5.41) is 5.21. The zero-order valence-electron chi connectivity index (χ0n) is 14.7. The van der Waals surface area contributed by atoms with Crippen LogP contribution in [0.5, 0.6) is 0 Å². The highest BCUT2D eigenvalue weighted by Gasteiger charge is 2.34. The molecule has 0 aliphatic heterocycles. The van der Waals surface area contributed by atoms with E-state index in [1.54, 1.807) is 29.9 Å². The Morgan fingerprint density at radius 1 is 1.19 bits per heavy atom. The third-order valence-electron chi connectivity index (χ3n) is 4.47. The smallest absolute Gasteiger partial charge is 0.351 e. The lowest BCUT2D eigenvalue weighted by Crippen LogP contribution is -2.31. The zero-order valence-corrected chi connectivity index (χ0v) is 14.7. The maximum Gasteiger partial charge on any atom is 0.416 e. The van der Waals surface area contributed by atoms with Crippen LogP contribution in [0.1, 0.15) is 16.8 Å². The Hall–Kier alpha value is -3.07. The Morgan fingerprint density at radius 2 is 1.81 bits per heavy atom. The van der Waals surface area contributed by atoms with Gasteiger partial charge >= 0.3 is 12.2 Å². The predicted molar refractivity (Wildman–Crippen MR) is 96.5 cm³/mol. The number of hydrogen-bond acceptors (Lipinski definition) is 3. The van der Waals surface area contributed by atoms with Gasteiger partial charge in [-0.3, -0.25) is 9.58 Å². The third-order valence-corrected chi connectivity index (χ3v) is 4.47. The van der Waals surface area contributed by atoms with Gasteiger partial charge in [0.25, 0.3) is 0 Å². The summed E-state index contributed by atoms with van der Waals surface area (Å²) in [6.07, 6.45) is -4.60. The van der Waals surface area contributed by atoms with Gasteiger partial charge in [-0.15, -0.1) is 0 Å². The largest absolute Gasteiger partial charge is 0.416 e. The molecule has 0 saturated carbocycles. The van der Waals surface area contributed by atoms with Crippen LogP contribution >= 0.6 is 0 Å². The molecule has 0 bridgehead atoms. The van der Waals surface area contributed by atoms with Gasteiger partial charge in [-0.05, 0) is 42.8 Å². The molecule has 2 amide bonds. The standard InChI is InChI=1S/C18H18F3N5O/c1-10-14-6-5-13(8-16(14)24-25(10)2)26(17(23)27)12-4-3-11(9-22)15(7-12)18(19,20)21/h3-8H,9,22H2,1-2H3,(H2,23,27). The predicted octanol–water partition coefficient (Wildman–Crippen LogP) is 3.58. The number of rotatable bonds is 3. The first kappa shape index (κ1) is 18.7. The maximum absolute atomic E-state index is 13.3. The molecule has 0 unspecified atom stereocenters. The summed E-state index contributed by atoms with van der Waals surface area (Å²) in [5.74, 6) is 0. The molecule has 0 aliphatic carbocycles. The Morgan fingerprint density at radius 3 is 2.41 bits per heavy atom. The summed E-state index contributed by atoms with van der Waals surface area (Å²) < 4.78 is 41.7. The number of benzene rings is 2. The number of carbonyl (C=O) groups excluding carboxylic acids is 1. The summed E-state index contributed by atoms with van der Waals surface area (Å²) >= 11 is 0. The number of primary amides is 1. The van der Waals surface area contributed by atoms with E-state index in [4.69, 9.17) is 11.5 Å². The topological polar surface area (TPSA) is 90.2 Å². The van der Waals surface area contributed by atoms with Crippen molar-refractivity contribution < 1.29 is 18.0 Å². The first-order valence-electron chi connectivity index (χ1n) is 8.06. The molecule has 0 aliphatic rings. The maximum atomic E-state index is 13.3. The lowest BCUT2D eigenvalue weighted by molar-refractivity contribution is -0.138. The number of nitrogens with zero attached hydrogens (tertiary/aromatic N) is 3. The van der Waals surface area contributed by atoms with Crippen molar-refractivity contribution in [1.82, 2.24) is 9.78 Å². The van der Waals surface area contributed by atoms with Crippen LogP contribution in [-0.4, -0.2) is 15.8 Å². The van der Waals surface area contributed by atoms with E-state index in [-0.39, 0.29) is 17.8 Å². The molecular weight excluding hydrogens is 359 g/mol. The zero-order chi connectivity index (χ0) is 19.9. The molecule has 0 spiro atoms. The van der Waals surface area contributed by atoms with E-state index in [0.717, 1.165) is 22.0 Å². The van der Waals surface area contributed by atoms with Crippen molar-refractivity contribution >= 4 is 28.3 Å². The van der Waals surface area contributed by atoms with Crippen LogP contribution in [0.25, 0.3) is 10.9 Å². The fourth-order valence-electron chi connectivity index (χ4n) is 3.01. The van der Waals surface area contributed by atoms with E-state index in [2.05, 4.69) is 5.10 Å². The minimum Gasteiger partial charge on any atom is -0.351 e. The number of alkyl halides is 3. The van der Waals surface area contributed by atoms with Crippen LogP contribution in [0.15, 0.2) is 36.4 Å². The molecule has 0 radical (unpaired) electrons. The second-order valence-corrected chi connectivity index (χ2v) is 6.13. The second-order valence-electron chi connectivity index (χ2n) is 6.13. The summed E-state index contributed by atoms with van der Waals surface area (Å²) in [6, 6.07) is 7.58. The Bertz CT molecular complexity index is 1030. The molecule has 4 N–H and O–H groups in total. The number of nitrogens with two attached hydrogens (primary N) is 2. The molecule has 9 heteroatoms. The first-order valence-corrected chi connectivity index (χ1v) is 8.06. The van der Waals surface area contributed by atoms with Crippen LogP contribution in [0.3, 0.4) is 0 Å². The number of halogens is 3. The highest BCUT2D eigenvalue weighted by atomic mass is 19.4. The van der Waals surface area contributed by atoms with Gasteiger partial charge < -0.3 is 11.5 Å². The fourth-order valence-corrected chi connectivity index (χ4v) is 3.01. The molecule has 3 aromatic rings. The number of hydrogen-bond donors (Lipinski definition) is 2. The van der Waals surface area contributed by atoms with E-state index in [1.807, 2.05) is 6.92 Å². The van der Waals surface area contributed by atoms with E-state index in [9.17, 15) is 18.0 Å². The number of carbonyl (C=O) groups is 1. The first-order chi connectivity index (χ1) is 12.6. The van der Waals surface area contributed by atoms with Crippen LogP contribution in [0, 0.1) is 6.92 Å². The minimum absolute atomic E-state index is 0.000900. The van der Waals surface area contributed by atoms with Crippen LogP contribution in [0.4, 0.5) is 29.3 Å². The Kier molecular flexibility index (Phi) is 4.56. The van der Waals surface area contributed by atoms with Gasteiger partial charge in [-0.25, -0.2) is 4.79 Å². The molecule has 0 fully saturated rings. The number of aromatic nitrogens is 2. The molecule has 0 saturated heterocycles. The molecule has 6 nitrogen and oxygen atoms in total. The summed E-state index contributed by atoms with van der Waals surface area (Å²) in [6.45, 7) is 1.62. The van der Waals surface area contributed by atoms with Gasteiger partial charge in [0.15, 0.2) is 0 Å². The highest BCUT2D eigenvalue weighted by molar-refractivity contribution is 6.00. The van der Waals surface area contributed by atoms with Crippen LogP contribution < -0.4 is 16.4 Å². The molecule has 1 heterocycles. The molecule has 2 aromatic carbocycles. The number of urea groups is 1. The van der Waals surface area contributed by atoms with Gasteiger partial charge in [0.1, 0.15) is 0 Å². The lowest BCUT2D eigenvalue weighted by Gasteiger charge is -2.23. The number of amides is 2. The SMILES string of the molecule is Cc1c2ccc(N(C(N)=O)c3ccc(CN)c(C(F)(F)F)c3)cc2nn1C. The number of anilines is 2. The van der Waals surface area contributed by atoms with Crippen LogP contribution in [0.2, 0.25) is 0 Å². The average Bonchev–Trinajstić information content (AvgIpc) is 2.88. The van der Waals surface area contributed by atoms with E-state index in [0.29, 0.717) is 11.2 Å². The number of fused-ring (bicyclic) bond motifs is 1. The van der Waals surface area contributed by atoms with Gasteiger partial charge in [-0.1, -0.05) is 6.07 Å². The average molecular weight is 377 g/mol. The normalized spacial score (nSPS) is 11.8. The van der Waals surface area contributed by atoms with Crippen molar-refractivity contribution in [3.8, 4) is 0 Å². The van der Waals surface area contributed by atoms with Gasteiger partial charge in [0.05, 0.1) is 22.5 Å². The lowest BCUT2D eigenvalue weighted by atomic mass is 10.1. The van der Waals surface area contributed by atoms with Gasteiger partial charge in [0, 0.05) is 24.7 Å². The van der Waals surface area contributed by atoms with Crippen molar-refractivity contribution in [2.45, 2.75) is 19.6 Å². The summed E-state index contributed by atoms with van der Waals surface area (Å²) in [5.41, 5.74) is 11.8. The third kappa shape index (κ3) is 3.33. The van der Waals surface area contributed by atoms with Crippen molar-refractivity contribution in [1.29, 1.82) is 0 Å². The summed E-state index contributed by atoms with van der Waals surface area (Å²) in [7, 11) is 1.78. The molecule has 0 atom stereocenters. The molecule has 142 valence electrons.